The lowest BCUT2D eigenvalue weighted by atomic mass is 9.87. The maximum absolute atomic E-state index is 13.2. The van der Waals surface area contributed by atoms with Crippen LogP contribution in [-0.2, 0) is 20.2 Å². The summed E-state index contributed by atoms with van der Waals surface area (Å²) < 4.78 is 27.9. The molecule has 0 unspecified atom stereocenters. The predicted molar refractivity (Wildman–Crippen MR) is 149 cm³/mol. The largest absolute Gasteiger partial charge is 0.351 e. The summed E-state index contributed by atoms with van der Waals surface area (Å²) in [6.45, 7) is 8.85. The minimum atomic E-state index is -3.60. The van der Waals surface area contributed by atoms with E-state index in [2.05, 4.69) is 31.4 Å². The van der Waals surface area contributed by atoms with Crippen LogP contribution in [0.1, 0.15) is 80.8 Å². The lowest BCUT2D eigenvalue weighted by molar-refractivity contribution is -0.127. The number of hydrogen-bond acceptors (Lipinski definition) is 4. The first-order valence-corrected chi connectivity index (χ1v) is 15.2. The molecule has 0 bridgehead atoms. The second-order valence-electron chi connectivity index (χ2n) is 11.7. The molecule has 2 fully saturated rings. The fraction of sp³-hybridized carbons (Fsp3) is 0.533. The van der Waals surface area contributed by atoms with E-state index in [0.29, 0.717) is 36.4 Å². The predicted octanol–water partition coefficient (Wildman–Crippen LogP) is 4.55. The van der Waals surface area contributed by atoms with Crippen LogP contribution in [0.2, 0.25) is 0 Å². The number of nitrogens with zero attached hydrogens (tertiary/aromatic N) is 1. The molecule has 38 heavy (non-hydrogen) atoms. The Morgan fingerprint density at radius 2 is 1.42 bits per heavy atom. The van der Waals surface area contributed by atoms with Crippen LogP contribution < -0.4 is 10.6 Å². The summed E-state index contributed by atoms with van der Waals surface area (Å²) in [4.78, 5) is 26.4. The normalized spacial score (nSPS) is 21.6. The third-order valence-electron chi connectivity index (χ3n) is 7.98. The Balaban J connectivity index is 1.33. The van der Waals surface area contributed by atoms with Gasteiger partial charge in [0.05, 0.1) is 4.90 Å². The number of nitrogens with one attached hydrogen (secondary N) is 2. The van der Waals surface area contributed by atoms with E-state index >= 15 is 0 Å². The Kier molecular flexibility index (Phi) is 8.62. The molecule has 2 N–H and O–H groups in total. The van der Waals surface area contributed by atoms with Crippen LogP contribution in [0.3, 0.4) is 0 Å². The molecule has 0 aromatic heterocycles. The number of carbonyl (C=O) groups excluding carboxylic acids is 2. The molecule has 2 atom stereocenters. The average Bonchev–Trinajstić information content (AvgIpc) is 2.89. The van der Waals surface area contributed by atoms with Crippen molar-refractivity contribution < 1.29 is 18.0 Å². The first-order chi connectivity index (χ1) is 18.0. The van der Waals surface area contributed by atoms with Gasteiger partial charge in [-0.2, -0.15) is 4.31 Å². The number of aryl methyl sites for hydroxylation is 1. The fourth-order valence-corrected chi connectivity index (χ4v) is 6.95. The lowest BCUT2D eigenvalue weighted by Crippen LogP contribution is -2.55. The zero-order valence-electron chi connectivity index (χ0n) is 23.0. The van der Waals surface area contributed by atoms with Crippen LogP contribution in [-0.4, -0.2) is 49.7 Å². The number of rotatable bonds is 6. The van der Waals surface area contributed by atoms with Crippen LogP contribution in [0.5, 0.6) is 0 Å². The van der Waals surface area contributed by atoms with E-state index in [1.54, 1.807) is 12.1 Å². The van der Waals surface area contributed by atoms with Crippen molar-refractivity contribution in [1.29, 1.82) is 0 Å². The first-order valence-electron chi connectivity index (χ1n) is 13.7. The Hall–Kier alpha value is -2.71. The van der Waals surface area contributed by atoms with E-state index in [1.807, 2.05) is 43.3 Å². The van der Waals surface area contributed by atoms with Gasteiger partial charge in [-0.25, -0.2) is 8.42 Å². The second kappa shape index (κ2) is 11.6. The molecule has 1 saturated heterocycles. The van der Waals surface area contributed by atoms with Crippen molar-refractivity contribution in [1.82, 2.24) is 14.9 Å². The number of sulfonamides is 1. The molecule has 2 aromatic carbocycles. The van der Waals surface area contributed by atoms with E-state index in [9.17, 15) is 18.0 Å². The van der Waals surface area contributed by atoms with E-state index < -0.39 is 10.0 Å². The van der Waals surface area contributed by atoms with Gasteiger partial charge in [-0.05, 0) is 67.3 Å². The summed E-state index contributed by atoms with van der Waals surface area (Å²) in [5.41, 5.74) is 2.62. The zero-order valence-corrected chi connectivity index (χ0v) is 23.8. The molecule has 2 amide bonds. The second-order valence-corrected chi connectivity index (χ2v) is 13.7. The average molecular weight is 540 g/mol. The summed E-state index contributed by atoms with van der Waals surface area (Å²) in [5.74, 6) is -0.388. The molecule has 4 rings (SSSR count). The smallest absolute Gasteiger partial charge is 0.251 e. The van der Waals surface area contributed by atoms with Gasteiger partial charge >= 0.3 is 0 Å². The Morgan fingerprint density at radius 1 is 0.842 bits per heavy atom. The van der Waals surface area contributed by atoms with E-state index in [-0.39, 0.29) is 35.2 Å². The molecule has 0 radical (unpaired) electrons. The number of piperidine rings is 1. The molecule has 0 spiro atoms. The molecule has 7 nitrogen and oxygen atoms in total. The minimum Gasteiger partial charge on any atom is -0.351 e. The highest BCUT2D eigenvalue weighted by Crippen LogP contribution is 2.28. The first kappa shape index (κ1) is 28.3. The topological polar surface area (TPSA) is 95.6 Å². The molecule has 1 aliphatic heterocycles. The molecule has 1 saturated carbocycles. The fourth-order valence-electron chi connectivity index (χ4n) is 5.49. The van der Waals surface area contributed by atoms with Crippen LogP contribution in [0.15, 0.2) is 53.4 Å². The van der Waals surface area contributed by atoms with E-state index in [1.165, 1.54) is 4.31 Å². The van der Waals surface area contributed by atoms with Gasteiger partial charge in [0.1, 0.15) is 0 Å². The van der Waals surface area contributed by atoms with Crippen molar-refractivity contribution >= 4 is 21.8 Å². The summed E-state index contributed by atoms with van der Waals surface area (Å²) >= 11 is 0. The van der Waals surface area contributed by atoms with Crippen molar-refractivity contribution in [2.45, 2.75) is 88.6 Å². The maximum Gasteiger partial charge on any atom is 0.251 e. The molecule has 1 heterocycles. The minimum absolute atomic E-state index is 0.0429. The Bertz CT molecular complexity index is 1240. The van der Waals surface area contributed by atoms with Crippen molar-refractivity contribution in [2.24, 2.45) is 5.92 Å². The van der Waals surface area contributed by atoms with E-state index in [0.717, 1.165) is 36.8 Å². The highest BCUT2D eigenvalue weighted by Gasteiger charge is 2.35. The SMILES string of the molecule is Cc1ccccc1C(=O)N[C@@H]1CCCC[C@H]1NC(=O)C1CCN(S(=O)(=O)c2ccc(C(C)(C)C)cc2)CC1. The van der Waals surface area contributed by atoms with Crippen molar-refractivity contribution in [3.05, 3.63) is 65.2 Å². The van der Waals surface area contributed by atoms with Gasteiger partial charge in [0.15, 0.2) is 0 Å². The van der Waals surface area contributed by atoms with Crippen molar-refractivity contribution in [2.75, 3.05) is 13.1 Å². The standard InChI is InChI=1S/C30H41N3O4S/c1-21-9-5-6-10-25(21)29(35)32-27-12-8-7-11-26(27)31-28(34)22-17-19-33(20-18-22)38(36,37)24-15-13-23(14-16-24)30(2,3)4/h5-6,9-10,13-16,22,26-27H,7-8,11-12,17-20H2,1-4H3,(H,31,34)(H,32,35)/t26-,27-/m1/s1. The summed E-state index contributed by atoms with van der Waals surface area (Å²) in [5, 5.41) is 6.35. The molecular formula is C30H41N3O4S. The number of carbonyl (C=O) groups is 2. The van der Waals surface area contributed by atoms with Crippen LogP contribution in [0.4, 0.5) is 0 Å². The highest BCUT2D eigenvalue weighted by molar-refractivity contribution is 7.89. The third kappa shape index (κ3) is 6.46. The Morgan fingerprint density at radius 3 is 2.00 bits per heavy atom. The quantitative estimate of drug-likeness (QED) is 0.563. The molecule has 8 heteroatoms. The molecule has 2 aromatic rings. The summed E-state index contributed by atoms with van der Waals surface area (Å²) in [7, 11) is -3.60. The third-order valence-corrected chi connectivity index (χ3v) is 9.90. The van der Waals surface area contributed by atoms with Gasteiger partial charge < -0.3 is 10.6 Å². The van der Waals surface area contributed by atoms with Crippen LogP contribution in [0, 0.1) is 12.8 Å². The molecule has 2 aliphatic rings. The summed E-state index contributed by atoms with van der Waals surface area (Å²) in [6.07, 6.45) is 4.64. The van der Waals surface area contributed by atoms with Crippen LogP contribution in [0.25, 0.3) is 0 Å². The maximum atomic E-state index is 13.2. The Labute approximate surface area is 227 Å². The van der Waals surface area contributed by atoms with Crippen molar-refractivity contribution in [3.63, 3.8) is 0 Å². The van der Waals surface area contributed by atoms with Gasteiger partial charge in [-0.1, -0.05) is 63.9 Å². The highest BCUT2D eigenvalue weighted by atomic mass is 32.2. The van der Waals surface area contributed by atoms with Gasteiger partial charge in [0.2, 0.25) is 15.9 Å². The van der Waals surface area contributed by atoms with Gasteiger partial charge in [-0.3, -0.25) is 9.59 Å². The zero-order chi connectivity index (χ0) is 27.5. The van der Waals surface area contributed by atoms with Crippen molar-refractivity contribution in [3.8, 4) is 0 Å². The summed E-state index contributed by atoms with van der Waals surface area (Å²) in [6, 6.07) is 14.4. The monoisotopic (exact) mass is 539 g/mol. The lowest BCUT2D eigenvalue weighted by Gasteiger charge is -2.35. The van der Waals surface area contributed by atoms with E-state index in [4.69, 9.17) is 0 Å². The molecule has 1 aliphatic carbocycles. The molecular weight excluding hydrogens is 498 g/mol. The van der Waals surface area contributed by atoms with Gasteiger partial charge in [0, 0.05) is 36.7 Å². The number of benzene rings is 2. The van der Waals surface area contributed by atoms with Gasteiger partial charge in [0.25, 0.3) is 5.91 Å². The van der Waals surface area contributed by atoms with Crippen LogP contribution >= 0.6 is 0 Å². The molecule has 206 valence electrons. The number of amides is 2. The van der Waals surface area contributed by atoms with Gasteiger partial charge in [-0.15, -0.1) is 0 Å². The number of hydrogen-bond donors (Lipinski definition) is 2.